The van der Waals surface area contributed by atoms with E-state index in [0.717, 1.165) is 32.7 Å². The summed E-state index contributed by atoms with van der Waals surface area (Å²) in [6.07, 6.45) is 0.546. The van der Waals surface area contributed by atoms with Crippen molar-refractivity contribution in [1.82, 2.24) is 10.2 Å². The number of ether oxygens (including phenoxy) is 1. The molecule has 1 aliphatic heterocycles. The number of hydrogen-bond acceptors (Lipinski definition) is 5. The molecule has 0 amide bonds. The van der Waals surface area contributed by atoms with Gasteiger partial charge in [-0.15, -0.1) is 0 Å². The molecule has 5 heteroatoms. The molecule has 0 saturated carbocycles. The molecule has 108 valence electrons. The third kappa shape index (κ3) is 6.66. The van der Waals surface area contributed by atoms with Crippen molar-refractivity contribution in [2.24, 2.45) is 5.92 Å². The Morgan fingerprint density at radius 2 is 1.94 bits per heavy atom. The fraction of sp³-hybridized carbons (Fsp3) is 1.00. The van der Waals surface area contributed by atoms with Crippen molar-refractivity contribution in [3.8, 4) is 0 Å². The maximum absolute atomic E-state index is 9.95. The smallest absolute Gasteiger partial charge is 0.0791 e. The van der Waals surface area contributed by atoms with Crippen molar-refractivity contribution in [3.05, 3.63) is 0 Å². The van der Waals surface area contributed by atoms with Gasteiger partial charge in [-0.25, -0.2) is 0 Å². The van der Waals surface area contributed by atoms with Gasteiger partial charge < -0.3 is 20.3 Å². The molecule has 0 aromatic rings. The van der Waals surface area contributed by atoms with Crippen molar-refractivity contribution in [3.63, 3.8) is 0 Å². The lowest BCUT2D eigenvalue weighted by atomic mass is 10.0. The van der Waals surface area contributed by atoms with Gasteiger partial charge >= 0.3 is 0 Å². The number of nitrogens with one attached hydrogen (secondary N) is 1. The van der Waals surface area contributed by atoms with Crippen LogP contribution in [0.15, 0.2) is 0 Å². The highest BCUT2D eigenvalue weighted by molar-refractivity contribution is 4.73. The van der Waals surface area contributed by atoms with Gasteiger partial charge in [0.1, 0.15) is 0 Å². The SMILES string of the molecule is CC(C)CC(CO)NCC(O)CN1CCOCC1. The molecule has 2 unspecified atom stereocenters. The molecule has 3 N–H and O–H groups in total. The van der Waals surface area contributed by atoms with E-state index in [1.54, 1.807) is 0 Å². The second kappa shape index (κ2) is 8.82. The van der Waals surface area contributed by atoms with Crippen molar-refractivity contribution in [2.45, 2.75) is 32.4 Å². The summed E-state index contributed by atoms with van der Waals surface area (Å²) in [4.78, 5) is 2.21. The summed E-state index contributed by atoms with van der Waals surface area (Å²) in [5.41, 5.74) is 0. The van der Waals surface area contributed by atoms with E-state index in [0.29, 0.717) is 19.0 Å². The fourth-order valence-corrected chi connectivity index (χ4v) is 2.24. The van der Waals surface area contributed by atoms with Crippen LogP contribution < -0.4 is 5.32 Å². The van der Waals surface area contributed by atoms with Crippen LogP contribution >= 0.6 is 0 Å². The van der Waals surface area contributed by atoms with Gasteiger partial charge in [-0.1, -0.05) is 13.8 Å². The van der Waals surface area contributed by atoms with E-state index in [1.807, 2.05) is 0 Å². The van der Waals surface area contributed by atoms with Crippen LogP contribution in [0.4, 0.5) is 0 Å². The zero-order valence-corrected chi connectivity index (χ0v) is 11.6. The maximum atomic E-state index is 9.95. The minimum Gasteiger partial charge on any atom is -0.395 e. The lowest BCUT2D eigenvalue weighted by Gasteiger charge is -2.29. The summed E-state index contributed by atoms with van der Waals surface area (Å²) in [6.45, 7) is 8.91. The molecule has 0 aliphatic carbocycles. The normalized spacial score (nSPS) is 21.2. The predicted molar refractivity (Wildman–Crippen MR) is 71.6 cm³/mol. The van der Waals surface area contributed by atoms with E-state index in [1.165, 1.54) is 0 Å². The number of morpholine rings is 1. The minimum absolute atomic E-state index is 0.0874. The molecular weight excluding hydrogens is 232 g/mol. The lowest BCUT2D eigenvalue weighted by molar-refractivity contribution is 0.0140. The van der Waals surface area contributed by atoms with E-state index in [-0.39, 0.29) is 18.8 Å². The van der Waals surface area contributed by atoms with Crippen molar-refractivity contribution in [1.29, 1.82) is 0 Å². The zero-order chi connectivity index (χ0) is 13.4. The Morgan fingerprint density at radius 1 is 1.28 bits per heavy atom. The van der Waals surface area contributed by atoms with Gasteiger partial charge in [0.25, 0.3) is 0 Å². The van der Waals surface area contributed by atoms with Crippen LogP contribution in [-0.2, 0) is 4.74 Å². The van der Waals surface area contributed by atoms with Gasteiger partial charge in [-0.2, -0.15) is 0 Å². The molecular formula is C13H28N2O3. The summed E-state index contributed by atoms with van der Waals surface area (Å²) < 4.78 is 5.27. The number of hydrogen-bond donors (Lipinski definition) is 3. The third-order valence-corrected chi connectivity index (χ3v) is 3.19. The predicted octanol–water partition coefficient (Wildman–Crippen LogP) is -0.324. The fourth-order valence-electron chi connectivity index (χ4n) is 2.24. The molecule has 1 heterocycles. The summed E-state index contributed by atoms with van der Waals surface area (Å²) >= 11 is 0. The van der Waals surface area contributed by atoms with Crippen molar-refractivity contribution >= 4 is 0 Å². The van der Waals surface area contributed by atoms with E-state index in [2.05, 4.69) is 24.1 Å². The largest absolute Gasteiger partial charge is 0.395 e. The van der Waals surface area contributed by atoms with Crippen LogP contribution in [0.1, 0.15) is 20.3 Å². The van der Waals surface area contributed by atoms with Crippen molar-refractivity contribution < 1.29 is 14.9 Å². The molecule has 5 nitrogen and oxygen atoms in total. The van der Waals surface area contributed by atoms with Crippen LogP contribution in [0.3, 0.4) is 0 Å². The van der Waals surface area contributed by atoms with Crippen LogP contribution in [-0.4, -0.2) is 73.3 Å². The molecule has 0 spiro atoms. The van der Waals surface area contributed by atoms with Crippen molar-refractivity contribution in [2.75, 3.05) is 46.0 Å². The summed E-state index contributed by atoms with van der Waals surface area (Å²) in [7, 11) is 0. The maximum Gasteiger partial charge on any atom is 0.0791 e. The first-order valence-corrected chi connectivity index (χ1v) is 6.94. The molecule has 0 bridgehead atoms. The topological polar surface area (TPSA) is 65.0 Å². The van der Waals surface area contributed by atoms with Gasteiger partial charge in [-0.3, -0.25) is 4.90 Å². The van der Waals surface area contributed by atoms with Gasteiger partial charge in [0.15, 0.2) is 0 Å². The Hall–Kier alpha value is -0.200. The molecule has 0 aromatic carbocycles. The number of aliphatic hydroxyl groups excluding tert-OH is 2. The van der Waals surface area contributed by atoms with Crippen LogP contribution in [0.2, 0.25) is 0 Å². The van der Waals surface area contributed by atoms with E-state index in [4.69, 9.17) is 4.74 Å². The number of β-amino-alcohol motifs (C(OH)–C–C–N with tert-alkyl or cyclic N) is 1. The molecule has 1 aliphatic rings. The molecule has 2 atom stereocenters. The second-order valence-corrected chi connectivity index (χ2v) is 5.48. The average Bonchev–Trinajstić information content (AvgIpc) is 2.35. The molecule has 1 fully saturated rings. The van der Waals surface area contributed by atoms with Gasteiger partial charge in [0, 0.05) is 32.2 Å². The lowest BCUT2D eigenvalue weighted by Crippen LogP contribution is -2.46. The van der Waals surface area contributed by atoms with E-state index >= 15 is 0 Å². The Bertz CT molecular complexity index is 208. The summed E-state index contributed by atoms with van der Waals surface area (Å²) in [5, 5.41) is 22.4. The highest BCUT2D eigenvalue weighted by Gasteiger charge is 2.16. The highest BCUT2D eigenvalue weighted by atomic mass is 16.5. The summed E-state index contributed by atoms with van der Waals surface area (Å²) in [6, 6.07) is 0.0874. The first-order valence-electron chi connectivity index (χ1n) is 6.94. The Kier molecular flexibility index (Phi) is 7.77. The Labute approximate surface area is 110 Å². The molecule has 1 saturated heterocycles. The molecule has 0 radical (unpaired) electrons. The standard InChI is InChI=1S/C13H28N2O3/c1-11(2)7-12(10-16)14-8-13(17)9-15-3-5-18-6-4-15/h11-14,16-17H,3-10H2,1-2H3. The molecule has 0 aromatic heterocycles. The number of nitrogens with zero attached hydrogens (tertiary/aromatic N) is 1. The zero-order valence-electron chi connectivity index (χ0n) is 11.6. The number of aliphatic hydroxyl groups is 2. The third-order valence-electron chi connectivity index (χ3n) is 3.19. The number of rotatable bonds is 8. The van der Waals surface area contributed by atoms with Crippen LogP contribution in [0, 0.1) is 5.92 Å². The summed E-state index contributed by atoms with van der Waals surface area (Å²) in [5.74, 6) is 0.547. The monoisotopic (exact) mass is 260 g/mol. The van der Waals surface area contributed by atoms with E-state index < -0.39 is 0 Å². The van der Waals surface area contributed by atoms with Gasteiger partial charge in [0.05, 0.1) is 25.9 Å². The van der Waals surface area contributed by atoms with E-state index in [9.17, 15) is 10.2 Å². The Morgan fingerprint density at radius 3 is 2.50 bits per heavy atom. The average molecular weight is 260 g/mol. The van der Waals surface area contributed by atoms with Gasteiger partial charge in [0.2, 0.25) is 0 Å². The second-order valence-electron chi connectivity index (χ2n) is 5.48. The minimum atomic E-state index is -0.385. The Balaban J connectivity index is 2.16. The quantitative estimate of drug-likeness (QED) is 0.558. The van der Waals surface area contributed by atoms with Gasteiger partial charge in [-0.05, 0) is 12.3 Å². The first-order chi connectivity index (χ1) is 8.61. The molecule has 1 rings (SSSR count). The first kappa shape index (κ1) is 15.9. The molecule has 18 heavy (non-hydrogen) atoms. The van der Waals surface area contributed by atoms with Crippen LogP contribution in [0.5, 0.6) is 0 Å². The van der Waals surface area contributed by atoms with Crippen LogP contribution in [0.25, 0.3) is 0 Å². The highest BCUT2D eigenvalue weighted by Crippen LogP contribution is 2.04.